The molecule has 0 aliphatic rings. The van der Waals surface area contributed by atoms with Crippen LogP contribution in [-0.4, -0.2) is 16.5 Å². The van der Waals surface area contributed by atoms with Crippen LogP contribution in [0.25, 0.3) is 0 Å². The van der Waals surface area contributed by atoms with Gasteiger partial charge in [-0.3, -0.25) is 0 Å². The van der Waals surface area contributed by atoms with Crippen LogP contribution in [0.3, 0.4) is 0 Å². The van der Waals surface area contributed by atoms with Crippen molar-refractivity contribution in [2.24, 2.45) is 5.73 Å². The Labute approximate surface area is 138 Å². The molecule has 0 aliphatic heterocycles. The summed E-state index contributed by atoms with van der Waals surface area (Å²) in [5.41, 5.74) is 9.05. The Morgan fingerprint density at radius 1 is 1.14 bits per heavy atom. The number of aromatic nitrogens is 2. The first kappa shape index (κ1) is 16.5. The summed E-state index contributed by atoms with van der Waals surface area (Å²) in [5.74, 6) is 1.96. The first-order valence-electron chi connectivity index (χ1n) is 6.93. The Balaban J connectivity index is 2.13. The Kier molecular flexibility index (Phi) is 5.79. The van der Waals surface area contributed by atoms with Crippen molar-refractivity contribution in [1.29, 1.82) is 0 Å². The van der Waals surface area contributed by atoms with E-state index in [1.165, 1.54) is 10.5 Å². The number of nitrogens with two attached hydrogens (primary N) is 1. The lowest BCUT2D eigenvalue weighted by Crippen LogP contribution is -2.14. The number of rotatable bonds is 5. The molecule has 0 spiro atoms. The highest BCUT2D eigenvalue weighted by atomic mass is 79.9. The summed E-state index contributed by atoms with van der Waals surface area (Å²) in [6.07, 6.45) is 0. The van der Waals surface area contributed by atoms with E-state index in [1.807, 2.05) is 26.0 Å². The molecular formula is C16H20BrN3S. The van der Waals surface area contributed by atoms with Crippen LogP contribution in [-0.2, 0) is 5.75 Å². The van der Waals surface area contributed by atoms with E-state index in [9.17, 15) is 0 Å². The molecule has 1 atom stereocenters. The lowest BCUT2D eigenvalue weighted by molar-refractivity contribution is 0.736. The van der Waals surface area contributed by atoms with Crippen LogP contribution >= 0.6 is 27.7 Å². The van der Waals surface area contributed by atoms with Gasteiger partial charge in [-0.2, -0.15) is 0 Å². The van der Waals surface area contributed by atoms with Crippen molar-refractivity contribution in [3.8, 4) is 0 Å². The lowest BCUT2D eigenvalue weighted by Gasteiger charge is -2.15. The quantitative estimate of drug-likeness (QED) is 0.806. The molecule has 5 heteroatoms. The highest BCUT2D eigenvalue weighted by Gasteiger charge is 2.14. The minimum Gasteiger partial charge on any atom is -0.330 e. The Morgan fingerprint density at radius 3 is 2.24 bits per heavy atom. The number of halogens is 1. The molecule has 2 N–H and O–H groups in total. The number of aryl methyl sites for hydroxylation is 2. The first-order valence-corrected chi connectivity index (χ1v) is 8.71. The number of hydrogen-bond donors (Lipinski definition) is 1. The normalized spacial score (nSPS) is 12.4. The van der Waals surface area contributed by atoms with Crippen molar-refractivity contribution in [2.75, 3.05) is 6.54 Å². The average molecular weight is 366 g/mol. The van der Waals surface area contributed by atoms with Crippen LogP contribution in [0, 0.1) is 13.8 Å². The third kappa shape index (κ3) is 4.28. The molecule has 0 aliphatic carbocycles. The largest absolute Gasteiger partial charge is 0.330 e. The smallest absolute Gasteiger partial charge is 0.139 e. The lowest BCUT2D eigenvalue weighted by atomic mass is 9.98. The van der Waals surface area contributed by atoms with Gasteiger partial charge in [0, 0.05) is 20.8 Å². The monoisotopic (exact) mass is 365 g/mol. The summed E-state index contributed by atoms with van der Waals surface area (Å²) in [5, 5.41) is 0. The zero-order valence-corrected chi connectivity index (χ0v) is 15.0. The van der Waals surface area contributed by atoms with E-state index < -0.39 is 0 Å². The summed E-state index contributed by atoms with van der Waals surface area (Å²) in [4.78, 5) is 10.5. The van der Waals surface area contributed by atoms with E-state index in [0.29, 0.717) is 12.5 Å². The maximum absolute atomic E-state index is 5.76. The van der Waals surface area contributed by atoms with Crippen molar-refractivity contribution >= 4 is 27.7 Å². The van der Waals surface area contributed by atoms with Gasteiger partial charge in [-0.05, 0) is 56.1 Å². The van der Waals surface area contributed by atoms with E-state index in [4.69, 9.17) is 5.73 Å². The molecule has 0 saturated carbocycles. The Morgan fingerprint density at radius 2 is 1.71 bits per heavy atom. The third-order valence-corrected chi connectivity index (χ3v) is 4.94. The first-order chi connectivity index (χ1) is 10.0. The van der Waals surface area contributed by atoms with Crippen molar-refractivity contribution in [3.05, 3.63) is 51.5 Å². The Bertz CT molecular complexity index is 590. The second kappa shape index (κ2) is 7.38. The standard InChI is InChI=1S/C16H20BrN3S/c1-10(8-18)16-11(2)19-15(20-12(16)3)9-21-14-6-4-13(17)5-7-14/h4-7,10H,8-9,18H2,1-3H3. The van der Waals surface area contributed by atoms with Crippen LogP contribution < -0.4 is 5.73 Å². The van der Waals surface area contributed by atoms with Crippen molar-refractivity contribution in [1.82, 2.24) is 9.97 Å². The number of hydrogen-bond acceptors (Lipinski definition) is 4. The SMILES string of the molecule is Cc1nc(CSc2ccc(Br)cc2)nc(C)c1C(C)CN. The zero-order valence-electron chi connectivity index (χ0n) is 12.6. The fourth-order valence-corrected chi connectivity index (χ4v) is 3.39. The number of nitrogens with zero attached hydrogens (tertiary/aromatic N) is 2. The summed E-state index contributed by atoms with van der Waals surface area (Å²) in [7, 11) is 0. The summed E-state index contributed by atoms with van der Waals surface area (Å²) >= 11 is 5.19. The molecule has 1 aromatic heterocycles. The van der Waals surface area contributed by atoms with Crippen molar-refractivity contribution < 1.29 is 0 Å². The topological polar surface area (TPSA) is 51.8 Å². The van der Waals surface area contributed by atoms with Crippen LogP contribution in [0.1, 0.15) is 35.6 Å². The van der Waals surface area contributed by atoms with Crippen LogP contribution in [0.15, 0.2) is 33.6 Å². The molecule has 1 aromatic carbocycles. The maximum atomic E-state index is 5.76. The fraction of sp³-hybridized carbons (Fsp3) is 0.375. The number of thioether (sulfide) groups is 1. The Hall–Kier alpha value is -0.910. The zero-order chi connectivity index (χ0) is 15.4. The van der Waals surface area contributed by atoms with E-state index in [1.54, 1.807) is 11.8 Å². The molecule has 0 fully saturated rings. The highest BCUT2D eigenvalue weighted by molar-refractivity contribution is 9.10. The molecular weight excluding hydrogens is 346 g/mol. The van der Waals surface area contributed by atoms with Crippen LogP contribution in [0.5, 0.6) is 0 Å². The van der Waals surface area contributed by atoms with Gasteiger partial charge >= 0.3 is 0 Å². The molecule has 3 nitrogen and oxygen atoms in total. The molecule has 21 heavy (non-hydrogen) atoms. The van der Waals surface area contributed by atoms with Crippen molar-refractivity contribution in [2.45, 2.75) is 37.3 Å². The highest BCUT2D eigenvalue weighted by Crippen LogP contribution is 2.25. The molecule has 0 radical (unpaired) electrons. The van der Waals surface area contributed by atoms with E-state index in [0.717, 1.165) is 27.4 Å². The molecule has 2 aromatic rings. The van der Waals surface area contributed by atoms with E-state index in [-0.39, 0.29) is 0 Å². The van der Waals surface area contributed by atoms with Crippen LogP contribution in [0.2, 0.25) is 0 Å². The average Bonchev–Trinajstić information content (AvgIpc) is 2.45. The summed E-state index contributed by atoms with van der Waals surface area (Å²) < 4.78 is 1.09. The molecule has 1 heterocycles. The molecule has 1 unspecified atom stereocenters. The van der Waals surface area contributed by atoms with Gasteiger partial charge in [0.1, 0.15) is 5.82 Å². The minimum atomic E-state index is 0.304. The van der Waals surface area contributed by atoms with Gasteiger partial charge in [-0.1, -0.05) is 22.9 Å². The van der Waals surface area contributed by atoms with Crippen LogP contribution in [0.4, 0.5) is 0 Å². The molecule has 0 bridgehead atoms. The van der Waals surface area contributed by atoms with E-state index in [2.05, 4.69) is 45.0 Å². The maximum Gasteiger partial charge on any atom is 0.139 e. The van der Waals surface area contributed by atoms with Gasteiger partial charge in [-0.15, -0.1) is 11.8 Å². The predicted molar refractivity (Wildman–Crippen MR) is 92.7 cm³/mol. The molecule has 2 rings (SSSR count). The second-order valence-electron chi connectivity index (χ2n) is 5.10. The number of benzene rings is 1. The summed E-state index contributed by atoms with van der Waals surface area (Å²) in [6, 6.07) is 8.29. The van der Waals surface area contributed by atoms with Gasteiger partial charge < -0.3 is 5.73 Å². The molecule has 0 amide bonds. The third-order valence-electron chi connectivity index (χ3n) is 3.40. The van der Waals surface area contributed by atoms with Gasteiger partial charge in [0.2, 0.25) is 0 Å². The van der Waals surface area contributed by atoms with Gasteiger partial charge in [0.15, 0.2) is 0 Å². The second-order valence-corrected chi connectivity index (χ2v) is 7.07. The van der Waals surface area contributed by atoms with Crippen molar-refractivity contribution in [3.63, 3.8) is 0 Å². The molecule has 0 saturated heterocycles. The minimum absolute atomic E-state index is 0.304. The van der Waals surface area contributed by atoms with E-state index >= 15 is 0 Å². The van der Waals surface area contributed by atoms with Gasteiger partial charge in [0.05, 0.1) is 5.75 Å². The molecule has 112 valence electrons. The fourth-order valence-electron chi connectivity index (χ4n) is 2.37. The van der Waals surface area contributed by atoms with Gasteiger partial charge in [-0.25, -0.2) is 9.97 Å². The van der Waals surface area contributed by atoms with Gasteiger partial charge in [0.25, 0.3) is 0 Å². The predicted octanol–water partition coefficient (Wildman–Crippen LogP) is 4.21. The summed E-state index contributed by atoms with van der Waals surface area (Å²) in [6.45, 7) is 6.83.